The molecular formula is C18H19ClN2O3. The fourth-order valence-corrected chi connectivity index (χ4v) is 2.58. The van der Waals surface area contributed by atoms with E-state index in [-0.39, 0.29) is 18.3 Å². The van der Waals surface area contributed by atoms with Gasteiger partial charge in [-0.05, 0) is 56.4 Å². The van der Waals surface area contributed by atoms with Gasteiger partial charge < -0.3 is 9.15 Å². The Bertz CT molecular complexity index is 758. The second kappa shape index (κ2) is 7.09. The number of rotatable bonds is 6. The third kappa shape index (κ3) is 3.97. The zero-order valence-electron chi connectivity index (χ0n) is 13.6. The van der Waals surface area contributed by atoms with Crippen molar-refractivity contribution >= 4 is 23.2 Å². The summed E-state index contributed by atoms with van der Waals surface area (Å²) in [5, 5.41) is 4.64. The van der Waals surface area contributed by atoms with Gasteiger partial charge in [0.25, 0.3) is 0 Å². The molecule has 0 bridgehead atoms. The zero-order chi connectivity index (χ0) is 17.1. The summed E-state index contributed by atoms with van der Waals surface area (Å²) < 4.78 is 11.2. The molecule has 1 N–H and O–H groups in total. The Kier molecular flexibility index (Phi) is 4.90. The molecule has 1 saturated carbocycles. The molecule has 0 unspecified atom stereocenters. The molecule has 1 aromatic carbocycles. The van der Waals surface area contributed by atoms with E-state index in [0.717, 1.165) is 24.1 Å². The lowest BCUT2D eigenvalue weighted by Crippen LogP contribution is -2.18. The lowest BCUT2D eigenvalue weighted by molar-refractivity contribution is 0.0923. The Labute approximate surface area is 145 Å². The Hall–Kier alpha value is -2.27. The van der Waals surface area contributed by atoms with E-state index >= 15 is 0 Å². The van der Waals surface area contributed by atoms with E-state index in [1.54, 1.807) is 18.2 Å². The molecule has 6 heteroatoms. The van der Waals surface area contributed by atoms with Crippen LogP contribution in [0.1, 0.15) is 41.6 Å². The molecule has 5 nitrogen and oxygen atoms in total. The van der Waals surface area contributed by atoms with Crippen LogP contribution in [0.5, 0.6) is 5.75 Å². The van der Waals surface area contributed by atoms with Crippen molar-refractivity contribution in [3.63, 3.8) is 0 Å². The summed E-state index contributed by atoms with van der Waals surface area (Å²) in [4.78, 5) is 12.0. The van der Waals surface area contributed by atoms with Gasteiger partial charge in [-0.25, -0.2) is 5.43 Å². The van der Waals surface area contributed by atoms with Gasteiger partial charge in [0.2, 0.25) is 0 Å². The summed E-state index contributed by atoms with van der Waals surface area (Å²) in [6, 6.07) is 8.87. The number of nitrogens with one attached hydrogen (secondary N) is 1. The number of amides is 1. The van der Waals surface area contributed by atoms with Crippen LogP contribution < -0.4 is 10.2 Å². The molecule has 1 heterocycles. The molecule has 1 aliphatic rings. The predicted octanol–water partition coefficient (Wildman–Crippen LogP) is 4.34. The smallest absolute Gasteiger partial charge is 0.307 e. The minimum absolute atomic E-state index is 0.197. The Morgan fingerprint density at radius 3 is 2.88 bits per heavy atom. The average Bonchev–Trinajstić information content (AvgIpc) is 3.31. The third-order valence-corrected chi connectivity index (χ3v) is 4.21. The number of ether oxygens (including phenoxy) is 1. The van der Waals surface area contributed by atoms with Crippen LogP contribution in [0.2, 0.25) is 5.02 Å². The van der Waals surface area contributed by atoms with Crippen LogP contribution in [0.4, 0.5) is 0 Å². The predicted molar refractivity (Wildman–Crippen MR) is 92.5 cm³/mol. The van der Waals surface area contributed by atoms with Crippen molar-refractivity contribution in [2.24, 2.45) is 11.0 Å². The van der Waals surface area contributed by atoms with Crippen molar-refractivity contribution < 1.29 is 13.9 Å². The maximum Gasteiger partial charge on any atom is 0.307 e. The molecule has 1 fully saturated rings. The number of furan rings is 1. The van der Waals surface area contributed by atoms with Gasteiger partial charge in [-0.2, -0.15) is 5.10 Å². The van der Waals surface area contributed by atoms with Crippen molar-refractivity contribution in [3.8, 4) is 5.75 Å². The quantitative estimate of drug-likeness (QED) is 0.625. The topological polar surface area (TPSA) is 63.8 Å². The number of halogens is 1. The number of hydrazone groups is 1. The standard InChI is InChI=1S/C18H19ClN2O3/c1-11-4-3-5-15(19)17(11)23-10-14-8-9-16(24-14)18(22)21-20-12(2)13-6-7-13/h3-5,8-9,13H,6-7,10H2,1-2H3,(H,21,22)/b20-12-. The molecule has 1 aliphatic carbocycles. The van der Waals surface area contributed by atoms with Gasteiger partial charge in [-0.1, -0.05) is 23.7 Å². The number of para-hydroxylation sites is 1. The van der Waals surface area contributed by atoms with E-state index in [1.807, 2.05) is 26.0 Å². The summed E-state index contributed by atoms with van der Waals surface area (Å²) >= 11 is 6.12. The van der Waals surface area contributed by atoms with Crippen molar-refractivity contribution in [1.82, 2.24) is 5.43 Å². The van der Waals surface area contributed by atoms with E-state index in [4.69, 9.17) is 20.8 Å². The van der Waals surface area contributed by atoms with Gasteiger partial charge in [0.05, 0.1) is 5.02 Å². The van der Waals surface area contributed by atoms with Crippen LogP contribution in [0, 0.1) is 12.8 Å². The van der Waals surface area contributed by atoms with E-state index in [9.17, 15) is 4.79 Å². The van der Waals surface area contributed by atoms with Crippen LogP contribution in [0.15, 0.2) is 39.9 Å². The first kappa shape index (κ1) is 16.6. The highest BCUT2D eigenvalue weighted by molar-refractivity contribution is 6.32. The van der Waals surface area contributed by atoms with Crippen LogP contribution in [0.25, 0.3) is 0 Å². The number of carbonyl (C=O) groups excluding carboxylic acids is 1. The van der Waals surface area contributed by atoms with Crippen molar-refractivity contribution in [1.29, 1.82) is 0 Å². The van der Waals surface area contributed by atoms with Crippen molar-refractivity contribution in [3.05, 3.63) is 52.4 Å². The van der Waals surface area contributed by atoms with Gasteiger partial charge in [0, 0.05) is 5.71 Å². The molecule has 0 saturated heterocycles. The molecule has 1 aromatic heterocycles. The monoisotopic (exact) mass is 346 g/mol. The summed E-state index contributed by atoms with van der Waals surface area (Å²) in [5.74, 6) is 1.52. The summed E-state index contributed by atoms with van der Waals surface area (Å²) in [6.45, 7) is 4.04. The van der Waals surface area contributed by atoms with Crippen molar-refractivity contribution in [2.45, 2.75) is 33.3 Å². The van der Waals surface area contributed by atoms with E-state index in [2.05, 4.69) is 10.5 Å². The molecule has 2 aromatic rings. The lowest BCUT2D eigenvalue weighted by atomic mass is 10.2. The highest BCUT2D eigenvalue weighted by atomic mass is 35.5. The molecule has 0 atom stereocenters. The second-order valence-electron chi connectivity index (χ2n) is 5.91. The van der Waals surface area contributed by atoms with Gasteiger partial charge >= 0.3 is 5.91 Å². The van der Waals surface area contributed by atoms with Crippen molar-refractivity contribution in [2.75, 3.05) is 0 Å². The number of hydrogen-bond donors (Lipinski definition) is 1. The molecule has 126 valence electrons. The van der Waals surface area contributed by atoms with Gasteiger partial charge in [-0.3, -0.25) is 4.79 Å². The first-order valence-electron chi connectivity index (χ1n) is 7.85. The first-order chi connectivity index (χ1) is 11.5. The minimum atomic E-state index is -0.366. The normalized spacial score (nSPS) is 14.5. The summed E-state index contributed by atoms with van der Waals surface area (Å²) in [7, 11) is 0. The molecule has 1 amide bonds. The number of carbonyl (C=O) groups is 1. The average molecular weight is 347 g/mol. The lowest BCUT2D eigenvalue weighted by Gasteiger charge is -2.09. The molecule has 0 radical (unpaired) electrons. The molecule has 0 aliphatic heterocycles. The van der Waals surface area contributed by atoms with Crippen LogP contribution in [-0.4, -0.2) is 11.6 Å². The maximum absolute atomic E-state index is 12.0. The highest BCUT2D eigenvalue weighted by Gasteiger charge is 2.24. The maximum atomic E-state index is 12.0. The molecule has 24 heavy (non-hydrogen) atoms. The Morgan fingerprint density at radius 2 is 2.17 bits per heavy atom. The zero-order valence-corrected chi connectivity index (χ0v) is 14.4. The molecule has 0 spiro atoms. The highest BCUT2D eigenvalue weighted by Crippen LogP contribution is 2.30. The second-order valence-corrected chi connectivity index (χ2v) is 6.32. The van der Waals surface area contributed by atoms with E-state index in [1.165, 1.54) is 0 Å². The fraction of sp³-hybridized carbons (Fsp3) is 0.333. The van der Waals surface area contributed by atoms with E-state index < -0.39 is 0 Å². The minimum Gasteiger partial charge on any atom is -0.484 e. The van der Waals surface area contributed by atoms with Crippen LogP contribution in [-0.2, 0) is 6.61 Å². The number of benzene rings is 1. The van der Waals surface area contributed by atoms with Crippen LogP contribution >= 0.6 is 11.6 Å². The Morgan fingerprint density at radius 1 is 1.38 bits per heavy atom. The summed E-state index contributed by atoms with van der Waals surface area (Å²) in [5.41, 5.74) is 4.41. The number of hydrogen-bond acceptors (Lipinski definition) is 4. The van der Waals surface area contributed by atoms with Gasteiger partial charge in [0.15, 0.2) is 5.76 Å². The van der Waals surface area contributed by atoms with E-state index in [0.29, 0.717) is 22.5 Å². The molecule has 3 rings (SSSR count). The summed E-state index contributed by atoms with van der Waals surface area (Å²) in [6.07, 6.45) is 2.30. The molecular weight excluding hydrogens is 328 g/mol. The fourth-order valence-electron chi connectivity index (χ4n) is 2.31. The largest absolute Gasteiger partial charge is 0.484 e. The third-order valence-electron chi connectivity index (χ3n) is 3.91. The van der Waals surface area contributed by atoms with Crippen LogP contribution in [0.3, 0.4) is 0 Å². The number of aryl methyl sites for hydroxylation is 1. The van der Waals surface area contributed by atoms with Gasteiger partial charge in [-0.15, -0.1) is 0 Å². The SMILES string of the molecule is C/C(=N/NC(=O)c1ccc(COc2c(C)cccc2Cl)o1)C1CC1. The Balaban J connectivity index is 1.59. The van der Waals surface area contributed by atoms with Gasteiger partial charge in [0.1, 0.15) is 18.1 Å². The first-order valence-corrected chi connectivity index (χ1v) is 8.23. The number of nitrogens with zero attached hydrogens (tertiary/aromatic N) is 1.